The van der Waals surface area contributed by atoms with E-state index in [1.54, 1.807) is 5.57 Å². The molecule has 1 nitrogen and oxygen atoms in total. The number of rotatable bonds is 1. The summed E-state index contributed by atoms with van der Waals surface area (Å²) in [6.45, 7) is 4.58. The molecule has 2 aliphatic rings. The molecule has 2 rings (SSSR count). The fourth-order valence-electron chi connectivity index (χ4n) is 3.58. The van der Waals surface area contributed by atoms with Crippen LogP contribution >= 0.6 is 0 Å². The summed E-state index contributed by atoms with van der Waals surface area (Å²) in [4.78, 5) is 0. The smallest absolute Gasteiger partial charge is 0.0576 e. The number of allylic oxidation sites excluding steroid dienone is 2. The molecule has 0 unspecified atom stereocenters. The SMILES string of the molecule is CCC=C1CC[C@H]2[C@@H](O)CCC[C@]12C. The Labute approximate surface area is 87.2 Å². The van der Waals surface area contributed by atoms with Crippen LogP contribution in [0.15, 0.2) is 11.6 Å². The van der Waals surface area contributed by atoms with Gasteiger partial charge < -0.3 is 5.11 Å². The molecule has 3 atom stereocenters. The second kappa shape index (κ2) is 3.69. The lowest BCUT2D eigenvalue weighted by Gasteiger charge is -2.40. The number of aliphatic hydroxyl groups is 1. The number of fused-ring (bicyclic) bond motifs is 1. The number of aliphatic hydroxyl groups excluding tert-OH is 1. The highest BCUT2D eigenvalue weighted by Crippen LogP contribution is 2.55. The first-order valence-corrected chi connectivity index (χ1v) is 6.06. The first-order chi connectivity index (χ1) is 6.68. The summed E-state index contributed by atoms with van der Waals surface area (Å²) in [6, 6.07) is 0. The Morgan fingerprint density at radius 1 is 1.50 bits per heavy atom. The van der Waals surface area contributed by atoms with Gasteiger partial charge in [-0.2, -0.15) is 0 Å². The molecular weight excluding hydrogens is 172 g/mol. The van der Waals surface area contributed by atoms with E-state index in [1.807, 2.05) is 0 Å². The first-order valence-electron chi connectivity index (χ1n) is 6.06. The molecule has 80 valence electrons. The van der Waals surface area contributed by atoms with Gasteiger partial charge in [-0.25, -0.2) is 0 Å². The highest BCUT2D eigenvalue weighted by atomic mass is 16.3. The van der Waals surface area contributed by atoms with E-state index in [1.165, 1.54) is 25.7 Å². The molecule has 0 radical (unpaired) electrons. The summed E-state index contributed by atoms with van der Waals surface area (Å²) in [5.74, 6) is 0.550. The minimum Gasteiger partial charge on any atom is -0.393 e. The molecule has 0 bridgehead atoms. The highest BCUT2D eigenvalue weighted by Gasteiger charge is 2.47. The van der Waals surface area contributed by atoms with E-state index in [0.717, 1.165) is 12.8 Å². The largest absolute Gasteiger partial charge is 0.393 e. The maximum atomic E-state index is 10.0. The van der Waals surface area contributed by atoms with Gasteiger partial charge in [-0.3, -0.25) is 0 Å². The Bertz CT molecular complexity index is 244. The van der Waals surface area contributed by atoms with Crippen molar-refractivity contribution in [1.29, 1.82) is 0 Å². The summed E-state index contributed by atoms with van der Waals surface area (Å²) >= 11 is 0. The molecule has 0 aromatic heterocycles. The molecule has 2 aliphatic carbocycles. The molecule has 2 fully saturated rings. The van der Waals surface area contributed by atoms with E-state index in [4.69, 9.17) is 0 Å². The Hall–Kier alpha value is -0.300. The molecule has 0 aromatic rings. The molecule has 1 heteroatoms. The van der Waals surface area contributed by atoms with Crippen molar-refractivity contribution in [3.8, 4) is 0 Å². The molecule has 0 saturated heterocycles. The molecular formula is C13H22O. The van der Waals surface area contributed by atoms with Crippen LogP contribution in [0.2, 0.25) is 0 Å². The average molecular weight is 194 g/mol. The van der Waals surface area contributed by atoms with Crippen LogP contribution in [0.5, 0.6) is 0 Å². The van der Waals surface area contributed by atoms with Gasteiger partial charge in [0.2, 0.25) is 0 Å². The first kappa shape index (κ1) is 10.2. The average Bonchev–Trinajstić information content (AvgIpc) is 2.46. The van der Waals surface area contributed by atoms with Gasteiger partial charge >= 0.3 is 0 Å². The van der Waals surface area contributed by atoms with Gasteiger partial charge in [0.25, 0.3) is 0 Å². The molecule has 14 heavy (non-hydrogen) atoms. The van der Waals surface area contributed by atoms with Crippen molar-refractivity contribution in [2.24, 2.45) is 11.3 Å². The molecule has 0 aromatic carbocycles. The van der Waals surface area contributed by atoms with Crippen LogP contribution in [0.4, 0.5) is 0 Å². The van der Waals surface area contributed by atoms with Crippen LogP contribution in [-0.2, 0) is 0 Å². The van der Waals surface area contributed by atoms with Crippen LogP contribution in [0.25, 0.3) is 0 Å². The van der Waals surface area contributed by atoms with Crippen LogP contribution in [0.1, 0.15) is 52.4 Å². The molecule has 0 heterocycles. The van der Waals surface area contributed by atoms with E-state index in [-0.39, 0.29) is 6.10 Å². The number of hydrogen-bond donors (Lipinski definition) is 1. The van der Waals surface area contributed by atoms with Gasteiger partial charge in [0, 0.05) is 0 Å². The van der Waals surface area contributed by atoms with Gasteiger partial charge in [0.1, 0.15) is 0 Å². The van der Waals surface area contributed by atoms with Crippen molar-refractivity contribution < 1.29 is 5.11 Å². The molecule has 2 saturated carbocycles. The maximum Gasteiger partial charge on any atom is 0.0576 e. The number of hydrogen-bond acceptors (Lipinski definition) is 1. The second-order valence-electron chi connectivity index (χ2n) is 5.16. The molecule has 0 aliphatic heterocycles. The fraction of sp³-hybridized carbons (Fsp3) is 0.846. The predicted octanol–water partition coefficient (Wildman–Crippen LogP) is 3.28. The Balaban J connectivity index is 2.24. The van der Waals surface area contributed by atoms with Crippen molar-refractivity contribution in [2.75, 3.05) is 0 Å². The van der Waals surface area contributed by atoms with Crippen LogP contribution in [-0.4, -0.2) is 11.2 Å². The van der Waals surface area contributed by atoms with Crippen molar-refractivity contribution in [1.82, 2.24) is 0 Å². The predicted molar refractivity (Wildman–Crippen MR) is 59.1 cm³/mol. The van der Waals surface area contributed by atoms with Crippen LogP contribution in [0.3, 0.4) is 0 Å². The second-order valence-corrected chi connectivity index (χ2v) is 5.16. The maximum absolute atomic E-state index is 10.0. The van der Waals surface area contributed by atoms with E-state index in [0.29, 0.717) is 11.3 Å². The lowest BCUT2D eigenvalue weighted by atomic mass is 9.66. The van der Waals surface area contributed by atoms with Crippen molar-refractivity contribution >= 4 is 0 Å². The molecule has 0 amide bonds. The third kappa shape index (κ3) is 1.42. The van der Waals surface area contributed by atoms with Crippen molar-refractivity contribution in [2.45, 2.75) is 58.5 Å². The zero-order valence-corrected chi connectivity index (χ0v) is 9.42. The summed E-state index contributed by atoms with van der Waals surface area (Å²) in [7, 11) is 0. The van der Waals surface area contributed by atoms with E-state index < -0.39 is 0 Å². The quantitative estimate of drug-likeness (QED) is 0.635. The van der Waals surface area contributed by atoms with Gasteiger partial charge in [-0.15, -0.1) is 0 Å². The van der Waals surface area contributed by atoms with Crippen molar-refractivity contribution in [3.05, 3.63) is 11.6 Å². The molecule has 1 N–H and O–H groups in total. The monoisotopic (exact) mass is 194 g/mol. The summed E-state index contributed by atoms with van der Waals surface area (Å²) in [5, 5.41) is 10.0. The van der Waals surface area contributed by atoms with Crippen LogP contribution in [0, 0.1) is 11.3 Å². The third-order valence-corrected chi connectivity index (χ3v) is 4.39. The van der Waals surface area contributed by atoms with Crippen molar-refractivity contribution in [3.63, 3.8) is 0 Å². The third-order valence-electron chi connectivity index (χ3n) is 4.39. The van der Waals surface area contributed by atoms with E-state index in [9.17, 15) is 5.11 Å². The van der Waals surface area contributed by atoms with E-state index >= 15 is 0 Å². The van der Waals surface area contributed by atoms with Crippen LogP contribution < -0.4 is 0 Å². The lowest BCUT2D eigenvalue weighted by Crippen LogP contribution is -2.37. The van der Waals surface area contributed by atoms with Gasteiger partial charge in [-0.05, 0) is 49.9 Å². The van der Waals surface area contributed by atoms with Gasteiger partial charge in [0.15, 0.2) is 0 Å². The Morgan fingerprint density at radius 2 is 2.29 bits per heavy atom. The standard InChI is InChI=1S/C13H22O/c1-3-5-10-7-8-11-12(14)6-4-9-13(10,11)2/h5,11-12,14H,3-4,6-9H2,1-2H3/t11-,12-,13+/m0/s1. The summed E-state index contributed by atoms with van der Waals surface area (Å²) < 4.78 is 0. The highest BCUT2D eigenvalue weighted by molar-refractivity contribution is 5.22. The zero-order valence-electron chi connectivity index (χ0n) is 9.42. The minimum atomic E-state index is -0.0310. The minimum absolute atomic E-state index is 0.0310. The Kier molecular flexibility index (Phi) is 2.70. The molecule has 0 spiro atoms. The van der Waals surface area contributed by atoms with E-state index in [2.05, 4.69) is 19.9 Å². The zero-order chi connectivity index (χ0) is 10.2. The van der Waals surface area contributed by atoms with Gasteiger partial charge in [0.05, 0.1) is 6.10 Å². The topological polar surface area (TPSA) is 20.2 Å². The normalized spacial score (nSPS) is 45.5. The summed E-state index contributed by atoms with van der Waals surface area (Å²) in [6.07, 6.45) is 9.48. The fourth-order valence-corrected chi connectivity index (χ4v) is 3.58. The van der Waals surface area contributed by atoms with Gasteiger partial charge in [-0.1, -0.05) is 25.5 Å². The Morgan fingerprint density at radius 3 is 3.00 bits per heavy atom. The summed E-state index contributed by atoms with van der Waals surface area (Å²) in [5.41, 5.74) is 1.97. The lowest BCUT2D eigenvalue weighted by molar-refractivity contribution is 0.0148.